The molecule has 0 aromatic heterocycles. The lowest BCUT2D eigenvalue weighted by atomic mass is 9.97. The Morgan fingerprint density at radius 2 is 1.93 bits per heavy atom. The molecule has 0 aliphatic carbocycles. The minimum Gasteiger partial charge on any atom is -0.481 e. The fraction of sp³-hybridized carbons (Fsp3) is 0.550. The van der Waals surface area contributed by atoms with Crippen LogP contribution in [0.2, 0.25) is 0 Å². The Kier molecular flexibility index (Phi) is 5.13. The van der Waals surface area contributed by atoms with E-state index in [1.807, 2.05) is 25.1 Å². The third-order valence-electron chi connectivity index (χ3n) is 5.28. The number of ether oxygens (including phenoxy) is 1. The number of hydrogen-bond donors (Lipinski definition) is 1. The van der Waals surface area contributed by atoms with Gasteiger partial charge in [0.05, 0.1) is 11.6 Å². The van der Waals surface area contributed by atoms with E-state index in [1.54, 1.807) is 23.6 Å². The summed E-state index contributed by atoms with van der Waals surface area (Å²) in [5, 5.41) is 9.07. The molecule has 0 spiro atoms. The third-order valence-corrected chi connectivity index (χ3v) is 5.28. The molecule has 7 heteroatoms. The molecule has 2 aliphatic rings. The first-order valence-electron chi connectivity index (χ1n) is 9.31. The maximum absolute atomic E-state index is 12.8. The summed E-state index contributed by atoms with van der Waals surface area (Å²) in [5.41, 5.74) is 0.721. The number of hydrogen-bond acceptors (Lipinski definition) is 4. The molecular formula is C20H26N2O5. The van der Waals surface area contributed by atoms with Crippen molar-refractivity contribution in [3.63, 3.8) is 0 Å². The summed E-state index contributed by atoms with van der Waals surface area (Å²) in [5.74, 6) is -0.746. The normalized spacial score (nSPS) is 19.4. The first-order valence-corrected chi connectivity index (χ1v) is 9.31. The van der Waals surface area contributed by atoms with E-state index in [0.717, 1.165) is 5.56 Å². The summed E-state index contributed by atoms with van der Waals surface area (Å²) >= 11 is 0. The van der Waals surface area contributed by atoms with Crippen molar-refractivity contribution >= 4 is 23.5 Å². The average molecular weight is 374 g/mol. The minimum absolute atomic E-state index is 0.0508. The van der Waals surface area contributed by atoms with Gasteiger partial charge in [-0.25, -0.2) is 0 Å². The monoisotopic (exact) mass is 374 g/mol. The predicted octanol–water partition coefficient (Wildman–Crippen LogP) is 2.21. The van der Waals surface area contributed by atoms with Gasteiger partial charge in [-0.2, -0.15) is 0 Å². The van der Waals surface area contributed by atoms with Crippen molar-refractivity contribution in [1.29, 1.82) is 0 Å². The van der Waals surface area contributed by atoms with E-state index in [0.29, 0.717) is 37.4 Å². The van der Waals surface area contributed by atoms with Crippen molar-refractivity contribution in [2.24, 2.45) is 5.92 Å². The number of benzene rings is 1. The van der Waals surface area contributed by atoms with Crippen molar-refractivity contribution in [3.8, 4) is 5.75 Å². The van der Waals surface area contributed by atoms with Gasteiger partial charge in [-0.3, -0.25) is 14.4 Å². The number of carboxylic acids is 1. The van der Waals surface area contributed by atoms with Gasteiger partial charge in [-0.05, 0) is 51.3 Å². The number of aryl methyl sites for hydroxylation is 1. The molecule has 2 heterocycles. The van der Waals surface area contributed by atoms with E-state index in [9.17, 15) is 14.4 Å². The Morgan fingerprint density at radius 1 is 1.26 bits per heavy atom. The number of likely N-dealkylation sites (tertiary alicyclic amines) is 1. The van der Waals surface area contributed by atoms with Crippen LogP contribution in [0.5, 0.6) is 5.75 Å². The van der Waals surface area contributed by atoms with Crippen LogP contribution in [0, 0.1) is 12.8 Å². The Morgan fingerprint density at radius 3 is 2.56 bits per heavy atom. The SMILES string of the molecule is Cc1ccc2c(c1)N(CCC(=O)N1CCC(C(=O)O)CC1)C(=O)C(C)(C)O2. The molecule has 27 heavy (non-hydrogen) atoms. The Balaban J connectivity index is 1.68. The van der Waals surface area contributed by atoms with Crippen LogP contribution in [-0.2, 0) is 14.4 Å². The smallest absolute Gasteiger partial charge is 0.306 e. The van der Waals surface area contributed by atoms with Gasteiger partial charge in [0.25, 0.3) is 5.91 Å². The van der Waals surface area contributed by atoms with Crippen LogP contribution in [0.25, 0.3) is 0 Å². The maximum atomic E-state index is 12.8. The number of aliphatic carboxylic acids is 1. The number of anilines is 1. The molecule has 0 unspecified atom stereocenters. The largest absolute Gasteiger partial charge is 0.481 e. The zero-order chi connectivity index (χ0) is 19.8. The summed E-state index contributed by atoms with van der Waals surface area (Å²) in [6, 6.07) is 5.68. The molecule has 1 aromatic rings. The molecule has 1 N–H and O–H groups in total. The van der Waals surface area contributed by atoms with Crippen LogP contribution in [0.3, 0.4) is 0 Å². The van der Waals surface area contributed by atoms with E-state index in [-0.39, 0.29) is 30.7 Å². The quantitative estimate of drug-likeness (QED) is 0.873. The van der Waals surface area contributed by atoms with E-state index in [4.69, 9.17) is 9.84 Å². The first-order chi connectivity index (χ1) is 12.7. The maximum Gasteiger partial charge on any atom is 0.306 e. The van der Waals surface area contributed by atoms with Crippen LogP contribution in [0.15, 0.2) is 18.2 Å². The standard InChI is InChI=1S/C20H26N2O5/c1-13-4-5-16-15(12-13)22(19(26)20(2,3)27-16)11-8-17(23)21-9-6-14(7-10-21)18(24)25/h4-5,12,14H,6-11H2,1-3H3,(H,24,25). The summed E-state index contributed by atoms with van der Waals surface area (Å²) in [4.78, 5) is 39.8. The van der Waals surface area contributed by atoms with Gasteiger partial charge in [0, 0.05) is 26.1 Å². The minimum atomic E-state index is -0.981. The van der Waals surface area contributed by atoms with Crippen LogP contribution < -0.4 is 9.64 Å². The Labute approximate surface area is 158 Å². The fourth-order valence-electron chi connectivity index (χ4n) is 3.64. The fourth-order valence-corrected chi connectivity index (χ4v) is 3.64. The van der Waals surface area contributed by atoms with Crippen molar-refractivity contribution in [1.82, 2.24) is 4.90 Å². The topological polar surface area (TPSA) is 87.2 Å². The molecule has 2 aliphatic heterocycles. The number of carbonyl (C=O) groups excluding carboxylic acids is 2. The summed E-state index contributed by atoms with van der Waals surface area (Å²) < 4.78 is 5.83. The van der Waals surface area contributed by atoms with Crippen molar-refractivity contribution in [3.05, 3.63) is 23.8 Å². The van der Waals surface area contributed by atoms with E-state index in [2.05, 4.69) is 0 Å². The van der Waals surface area contributed by atoms with Gasteiger partial charge in [0.1, 0.15) is 5.75 Å². The van der Waals surface area contributed by atoms with Gasteiger partial charge >= 0.3 is 5.97 Å². The number of piperidine rings is 1. The number of carboxylic acid groups (broad SMARTS) is 1. The molecule has 2 amide bonds. The molecule has 146 valence electrons. The van der Waals surface area contributed by atoms with Crippen molar-refractivity contribution in [2.45, 2.75) is 45.6 Å². The highest BCUT2D eigenvalue weighted by molar-refractivity contribution is 6.02. The number of rotatable bonds is 4. The highest BCUT2D eigenvalue weighted by Gasteiger charge is 2.41. The third kappa shape index (κ3) is 3.91. The lowest BCUT2D eigenvalue weighted by Crippen LogP contribution is -2.53. The average Bonchev–Trinajstić information content (AvgIpc) is 2.62. The number of fused-ring (bicyclic) bond motifs is 1. The second kappa shape index (κ2) is 7.21. The molecule has 7 nitrogen and oxygen atoms in total. The van der Waals surface area contributed by atoms with Crippen molar-refractivity contribution in [2.75, 3.05) is 24.5 Å². The summed E-state index contributed by atoms with van der Waals surface area (Å²) in [6.07, 6.45) is 1.16. The predicted molar refractivity (Wildman–Crippen MR) is 99.8 cm³/mol. The molecule has 0 atom stereocenters. The Bertz CT molecular complexity index is 766. The van der Waals surface area contributed by atoms with Gasteiger partial charge in [0.2, 0.25) is 5.91 Å². The molecule has 1 aromatic carbocycles. The highest BCUT2D eigenvalue weighted by Crippen LogP contribution is 2.38. The summed E-state index contributed by atoms with van der Waals surface area (Å²) in [7, 11) is 0. The zero-order valence-electron chi connectivity index (χ0n) is 16.0. The molecule has 1 fully saturated rings. The molecule has 3 rings (SSSR count). The summed E-state index contributed by atoms with van der Waals surface area (Å²) in [6.45, 7) is 6.58. The number of amides is 2. The molecule has 0 saturated carbocycles. The number of nitrogens with zero attached hydrogens (tertiary/aromatic N) is 2. The van der Waals surface area contributed by atoms with Crippen molar-refractivity contribution < 1.29 is 24.2 Å². The van der Waals surface area contributed by atoms with Gasteiger partial charge in [-0.1, -0.05) is 6.07 Å². The van der Waals surface area contributed by atoms with E-state index < -0.39 is 11.6 Å². The second-order valence-corrected chi connectivity index (χ2v) is 7.78. The van der Waals surface area contributed by atoms with Gasteiger partial charge in [-0.15, -0.1) is 0 Å². The van der Waals surface area contributed by atoms with E-state index >= 15 is 0 Å². The molecule has 0 bridgehead atoms. The lowest BCUT2D eigenvalue weighted by Gasteiger charge is -2.39. The van der Waals surface area contributed by atoms with E-state index in [1.165, 1.54) is 0 Å². The number of carbonyl (C=O) groups is 3. The van der Waals surface area contributed by atoms with Gasteiger partial charge in [0.15, 0.2) is 5.60 Å². The first kappa shape index (κ1) is 19.2. The molecule has 0 radical (unpaired) electrons. The molecule has 1 saturated heterocycles. The van der Waals surface area contributed by atoms with Crippen LogP contribution >= 0.6 is 0 Å². The van der Waals surface area contributed by atoms with Gasteiger partial charge < -0.3 is 19.6 Å². The van der Waals surface area contributed by atoms with Crippen LogP contribution in [-0.4, -0.2) is 53.0 Å². The second-order valence-electron chi connectivity index (χ2n) is 7.78. The Hall–Kier alpha value is -2.57. The van der Waals surface area contributed by atoms with Crippen LogP contribution in [0.1, 0.15) is 38.7 Å². The lowest BCUT2D eigenvalue weighted by molar-refractivity contribution is -0.145. The highest BCUT2D eigenvalue weighted by atomic mass is 16.5. The van der Waals surface area contributed by atoms with Crippen LogP contribution in [0.4, 0.5) is 5.69 Å². The molecular weight excluding hydrogens is 348 g/mol. The zero-order valence-corrected chi connectivity index (χ0v) is 16.0.